The molecule has 0 amide bonds. The molecule has 4 nitrogen and oxygen atoms in total. The second-order valence-corrected chi connectivity index (χ2v) is 10.9. The minimum atomic E-state index is -0.995. The molecular formula is C30H24Br2Cl2F2O4. The lowest BCUT2D eigenvalue weighted by molar-refractivity contribution is 0.103. The van der Waals surface area contributed by atoms with Gasteiger partial charge in [-0.3, -0.25) is 4.79 Å². The zero-order valence-corrected chi connectivity index (χ0v) is 26.0. The fraction of sp³-hybridized carbons (Fsp3) is 0.167. The summed E-state index contributed by atoms with van der Waals surface area (Å²) in [7, 11) is 0. The van der Waals surface area contributed by atoms with Gasteiger partial charge in [0.2, 0.25) is 0 Å². The van der Waals surface area contributed by atoms with Crippen molar-refractivity contribution in [1.29, 1.82) is 0 Å². The summed E-state index contributed by atoms with van der Waals surface area (Å²) in [4.78, 5) is 12.3. The molecule has 0 saturated carbocycles. The van der Waals surface area contributed by atoms with E-state index >= 15 is 0 Å². The van der Waals surface area contributed by atoms with Gasteiger partial charge in [-0.05, 0) is 86.1 Å². The predicted octanol–water partition coefficient (Wildman–Crippen LogP) is 9.59. The van der Waals surface area contributed by atoms with Crippen LogP contribution >= 0.6 is 55.1 Å². The molecule has 1 atom stereocenters. The highest BCUT2D eigenvalue weighted by Gasteiger charge is 2.17. The molecule has 0 saturated heterocycles. The van der Waals surface area contributed by atoms with E-state index in [0.717, 1.165) is 15.0 Å². The molecule has 0 bridgehead atoms. The van der Waals surface area contributed by atoms with E-state index in [2.05, 4.69) is 31.9 Å². The van der Waals surface area contributed by atoms with E-state index in [1.165, 1.54) is 24.3 Å². The molecule has 4 rings (SSSR count). The number of ketones is 1. The number of ether oxygens (including phenoxy) is 2. The van der Waals surface area contributed by atoms with Crippen molar-refractivity contribution in [1.82, 2.24) is 0 Å². The van der Waals surface area contributed by atoms with E-state index in [4.69, 9.17) is 32.7 Å². The molecule has 1 N–H and O–H groups in total. The van der Waals surface area contributed by atoms with Gasteiger partial charge in [0.15, 0.2) is 28.9 Å². The summed E-state index contributed by atoms with van der Waals surface area (Å²) >= 11 is 18.7. The Morgan fingerprint density at radius 3 is 1.93 bits per heavy atom. The second-order valence-electron chi connectivity index (χ2n) is 8.22. The van der Waals surface area contributed by atoms with Crippen LogP contribution in [0.4, 0.5) is 8.78 Å². The van der Waals surface area contributed by atoms with Crippen LogP contribution in [0.2, 0.25) is 10.0 Å². The molecule has 210 valence electrons. The van der Waals surface area contributed by atoms with Gasteiger partial charge in [-0.1, -0.05) is 61.1 Å². The highest BCUT2D eigenvalue weighted by Crippen LogP contribution is 2.32. The molecule has 0 aliphatic heterocycles. The lowest BCUT2D eigenvalue weighted by Gasteiger charge is -2.15. The summed E-state index contributed by atoms with van der Waals surface area (Å²) in [5, 5.41) is 11.1. The summed E-state index contributed by atoms with van der Waals surface area (Å²) in [6.07, 6.45) is -0.995. The van der Waals surface area contributed by atoms with Crippen molar-refractivity contribution in [2.75, 3.05) is 13.2 Å². The van der Waals surface area contributed by atoms with Crippen LogP contribution in [-0.4, -0.2) is 24.1 Å². The standard InChI is InChI=1S/C15H13BrClFO2.C15H11BrClFO2/c2*1-2-20-14-6-3-9(7-13(14)18)15(19)11-8-10(16)4-5-12(11)17/h3-8,15,19H,2H2,1H3;3-8H,2H2,1H3. The fourth-order valence-corrected chi connectivity index (χ4v) is 4.77. The van der Waals surface area contributed by atoms with Crippen LogP contribution < -0.4 is 9.47 Å². The average Bonchev–Trinajstić information content (AvgIpc) is 2.93. The molecule has 0 radical (unpaired) electrons. The van der Waals surface area contributed by atoms with Crippen molar-refractivity contribution in [2.45, 2.75) is 20.0 Å². The molecule has 4 aromatic carbocycles. The monoisotopic (exact) mass is 714 g/mol. The van der Waals surface area contributed by atoms with E-state index in [-0.39, 0.29) is 22.8 Å². The Balaban J connectivity index is 0.000000220. The Labute approximate surface area is 258 Å². The molecule has 4 aromatic rings. The van der Waals surface area contributed by atoms with Gasteiger partial charge in [0.1, 0.15) is 6.10 Å². The molecule has 10 heteroatoms. The summed E-state index contributed by atoms with van der Waals surface area (Å²) in [6, 6.07) is 18.6. The Hall–Kier alpha value is -2.49. The summed E-state index contributed by atoms with van der Waals surface area (Å²) < 4.78 is 39.3. The molecule has 0 fully saturated rings. The van der Waals surface area contributed by atoms with Crippen LogP contribution in [0.3, 0.4) is 0 Å². The van der Waals surface area contributed by atoms with Crippen LogP contribution in [0, 0.1) is 11.6 Å². The van der Waals surface area contributed by atoms with Gasteiger partial charge in [0.25, 0.3) is 0 Å². The number of halogens is 6. The predicted molar refractivity (Wildman–Crippen MR) is 161 cm³/mol. The Bertz CT molecular complexity index is 1500. The zero-order chi connectivity index (χ0) is 29.4. The molecular weight excluding hydrogens is 693 g/mol. The van der Waals surface area contributed by atoms with Crippen LogP contribution in [-0.2, 0) is 0 Å². The van der Waals surface area contributed by atoms with Gasteiger partial charge in [-0.25, -0.2) is 8.78 Å². The first-order valence-corrected chi connectivity index (χ1v) is 14.4. The average molecular weight is 717 g/mol. The van der Waals surface area contributed by atoms with Crippen LogP contribution in [0.5, 0.6) is 11.5 Å². The van der Waals surface area contributed by atoms with Crippen molar-refractivity contribution < 1.29 is 28.2 Å². The van der Waals surface area contributed by atoms with Gasteiger partial charge in [-0.2, -0.15) is 0 Å². The number of rotatable bonds is 8. The van der Waals surface area contributed by atoms with Gasteiger partial charge in [0, 0.05) is 30.7 Å². The minimum absolute atomic E-state index is 0.129. The smallest absolute Gasteiger partial charge is 0.194 e. The third-order valence-electron chi connectivity index (χ3n) is 5.49. The van der Waals surface area contributed by atoms with Crippen LogP contribution in [0.25, 0.3) is 0 Å². The first-order valence-electron chi connectivity index (χ1n) is 12.0. The third-order valence-corrected chi connectivity index (χ3v) is 7.15. The van der Waals surface area contributed by atoms with Crippen molar-refractivity contribution in [3.8, 4) is 11.5 Å². The topological polar surface area (TPSA) is 55.8 Å². The Kier molecular flexibility index (Phi) is 12.0. The number of carbonyl (C=O) groups excluding carboxylic acids is 1. The summed E-state index contributed by atoms with van der Waals surface area (Å²) in [5.74, 6) is -1.11. The minimum Gasteiger partial charge on any atom is -0.491 e. The second kappa shape index (κ2) is 14.9. The zero-order valence-electron chi connectivity index (χ0n) is 21.4. The van der Waals surface area contributed by atoms with E-state index in [0.29, 0.717) is 39.9 Å². The Morgan fingerprint density at radius 1 is 0.800 bits per heavy atom. The van der Waals surface area contributed by atoms with Crippen molar-refractivity contribution in [2.24, 2.45) is 0 Å². The molecule has 0 aromatic heterocycles. The van der Waals surface area contributed by atoms with Crippen LogP contribution in [0.15, 0.2) is 81.7 Å². The van der Waals surface area contributed by atoms with E-state index in [9.17, 15) is 18.7 Å². The lowest BCUT2D eigenvalue weighted by Crippen LogP contribution is -2.04. The quantitative estimate of drug-likeness (QED) is 0.185. The number of hydrogen-bond acceptors (Lipinski definition) is 4. The maximum Gasteiger partial charge on any atom is 0.194 e. The van der Waals surface area contributed by atoms with Crippen LogP contribution in [0.1, 0.15) is 47.0 Å². The fourth-order valence-electron chi connectivity index (χ4n) is 3.61. The molecule has 0 heterocycles. The molecule has 1 unspecified atom stereocenters. The van der Waals surface area contributed by atoms with Crippen molar-refractivity contribution >= 4 is 60.8 Å². The van der Waals surface area contributed by atoms with E-state index < -0.39 is 17.7 Å². The molecule has 0 aliphatic carbocycles. The highest BCUT2D eigenvalue weighted by molar-refractivity contribution is 9.10. The van der Waals surface area contributed by atoms with Gasteiger partial charge in [-0.15, -0.1) is 0 Å². The molecule has 0 spiro atoms. The first-order chi connectivity index (χ1) is 19.0. The maximum absolute atomic E-state index is 13.8. The Morgan fingerprint density at radius 2 is 1.35 bits per heavy atom. The number of benzene rings is 4. The lowest BCUT2D eigenvalue weighted by atomic mass is 10.0. The number of carbonyl (C=O) groups is 1. The summed E-state index contributed by atoms with van der Waals surface area (Å²) in [5.41, 5.74) is 1.49. The van der Waals surface area contributed by atoms with Crippen molar-refractivity contribution in [3.63, 3.8) is 0 Å². The van der Waals surface area contributed by atoms with E-state index in [1.807, 2.05) is 0 Å². The number of aliphatic hydroxyl groups excluding tert-OH is 1. The largest absolute Gasteiger partial charge is 0.491 e. The van der Waals surface area contributed by atoms with Gasteiger partial charge < -0.3 is 14.6 Å². The third kappa shape index (κ3) is 8.27. The van der Waals surface area contributed by atoms with Gasteiger partial charge in [0.05, 0.1) is 18.2 Å². The normalized spacial score (nSPS) is 11.3. The maximum atomic E-state index is 13.8. The van der Waals surface area contributed by atoms with Gasteiger partial charge >= 0.3 is 0 Å². The van der Waals surface area contributed by atoms with E-state index in [1.54, 1.807) is 56.3 Å². The number of aliphatic hydroxyl groups is 1. The van der Waals surface area contributed by atoms with Crippen molar-refractivity contribution in [3.05, 3.63) is 126 Å². The molecule has 40 heavy (non-hydrogen) atoms. The highest BCUT2D eigenvalue weighted by atomic mass is 79.9. The number of hydrogen-bond donors (Lipinski definition) is 1. The summed E-state index contributed by atoms with van der Waals surface area (Å²) in [6.45, 7) is 4.29. The molecule has 0 aliphatic rings. The first kappa shape index (κ1) is 32.0. The SMILES string of the molecule is CCOc1ccc(C(=O)c2cc(Br)ccc2Cl)cc1F.CCOc1ccc(C(O)c2cc(Br)ccc2Cl)cc1F.